The van der Waals surface area contributed by atoms with Crippen LogP contribution in [0.1, 0.15) is 90.7 Å². The van der Waals surface area contributed by atoms with Crippen molar-refractivity contribution < 1.29 is 33.8 Å². The van der Waals surface area contributed by atoms with Gasteiger partial charge in [-0.25, -0.2) is 0 Å². The summed E-state index contributed by atoms with van der Waals surface area (Å²) in [6, 6.07) is 7.04. The number of benzene rings is 1. The maximum Gasteiger partial charge on any atom is 0.313 e. The molecule has 3 heterocycles. The molecular weight excluding hydrogens is 610 g/mol. The topological polar surface area (TPSA) is 125 Å². The van der Waals surface area contributed by atoms with Gasteiger partial charge in [0, 0.05) is 19.5 Å². The number of likely N-dealkylation sites (tertiary alicyclic amines) is 1. The zero-order valence-electron chi connectivity index (χ0n) is 29.1. The lowest BCUT2D eigenvalue weighted by Crippen LogP contribution is -2.59. The minimum Gasteiger partial charge on any atom is -0.455 e. The van der Waals surface area contributed by atoms with Crippen molar-refractivity contribution in [3.8, 4) is 0 Å². The molecule has 2 N–H and O–H groups in total. The van der Waals surface area contributed by atoms with E-state index in [-0.39, 0.29) is 36.7 Å². The van der Waals surface area contributed by atoms with Crippen LogP contribution in [0.2, 0.25) is 0 Å². The van der Waals surface area contributed by atoms with E-state index in [0.717, 1.165) is 19.3 Å². The summed E-state index contributed by atoms with van der Waals surface area (Å²) in [4.78, 5) is 59.5. The predicted molar refractivity (Wildman–Crippen MR) is 183 cm³/mol. The summed E-state index contributed by atoms with van der Waals surface area (Å²) in [5.74, 6) is -3.36. The molecule has 3 amide bonds. The monoisotopic (exact) mass is 665 g/mol. The molecule has 3 fully saturated rings. The predicted octanol–water partition coefficient (Wildman–Crippen LogP) is 4.73. The standard InChI is InChI=1S/C38H55N3O7/c1-7-11-16-23-40(22-9-3)36(45)34-38-21-20-29(48-38)31(32(38)35(44)41(34)28(24-42)25(5)10-4)37(46)47-33(27-17-14-13-15-18-27)26(6)39-30(43)19-12-8-2/h8-9,13-15,17-18,25-26,28-29,31-34,42H,2-3,7,10-12,16,19-24H2,1,4-6H3,(H,39,43)/t25-,26+,28-,29+,31-,32-,33+,34+,38-/m0/s1. The molecule has 9 atom stereocenters. The van der Waals surface area contributed by atoms with Gasteiger partial charge in [-0.1, -0.05) is 82.5 Å². The van der Waals surface area contributed by atoms with Crippen molar-refractivity contribution in [3.05, 3.63) is 61.2 Å². The van der Waals surface area contributed by atoms with Gasteiger partial charge in [0.15, 0.2) is 0 Å². The van der Waals surface area contributed by atoms with Crippen molar-refractivity contribution in [3.63, 3.8) is 0 Å². The normalized spacial score (nSPS) is 26.7. The SMILES string of the molecule is C=CCCC(=O)N[C@H](C)[C@@H](OC(=O)[C@@H]1[C@H]2C(=O)N([C@@H](CO)[C@@H](C)CC)[C@H](C(=O)N(CC=C)CCCCC)[C@]23CC[C@H]1O3)c1ccccc1. The molecule has 264 valence electrons. The largest absolute Gasteiger partial charge is 0.455 e. The third-order valence-electron chi connectivity index (χ3n) is 10.6. The first-order valence-electron chi connectivity index (χ1n) is 17.8. The van der Waals surface area contributed by atoms with Gasteiger partial charge in [-0.05, 0) is 44.1 Å². The van der Waals surface area contributed by atoms with E-state index >= 15 is 0 Å². The molecule has 4 rings (SSSR count). The molecule has 3 saturated heterocycles. The molecular formula is C38H55N3O7. The van der Waals surface area contributed by atoms with Crippen molar-refractivity contribution in [1.29, 1.82) is 0 Å². The van der Waals surface area contributed by atoms with Crippen LogP contribution in [0.3, 0.4) is 0 Å². The molecule has 0 unspecified atom stereocenters. The highest BCUT2D eigenvalue weighted by Gasteiger charge is 2.76. The highest BCUT2D eigenvalue weighted by molar-refractivity contribution is 5.98. The van der Waals surface area contributed by atoms with Crippen LogP contribution < -0.4 is 5.32 Å². The fourth-order valence-electron chi connectivity index (χ4n) is 7.92. The van der Waals surface area contributed by atoms with E-state index < -0.39 is 53.7 Å². The number of rotatable bonds is 19. The maximum absolute atomic E-state index is 14.7. The summed E-state index contributed by atoms with van der Waals surface area (Å²) < 4.78 is 12.9. The number of hydrogen-bond donors (Lipinski definition) is 2. The number of aliphatic hydroxyl groups excluding tert-OH is 1. The summed E-state index contributed by atoms with van der Waals surface area (Å²) in [6.07, 6.45) is 7.10. The van der Waals surface area contributed by atoms with Gasteiger partial charge in [0.05, 0.1) is 36.6 Å². The van der Waals surface area contributed by atoms with E-state index in [9.17, 15) is 24.3 Å². The number of hydrogen-bond acceptors (Lipinski definition) is 7. The lowest BCUT2D eigenvalue weighted by atomic mass is 9.70. The van der Waals surface area contributed by atoms with Gasteiger partial charge in [0.1, 0.15) is 17.7 Å². The average Bonchev–Trinajstić information content (AvgIpc) is 3.73. The number of amides is 3. The minimum absolute atomic E-state index is 0.104. The number of unbranched alkanes of at least 4 members (excludes halogenated alkanes) is 2. The Labute approximate surface area is 285 Å². The molecule has 48 heavy (non-hydrogen) atoms. The summed E-state index contributed by atoms with van der Waals surface area (Å²) in [6.45, 7) is 15.9. The van der Waals surface area contributed by atoms with Crippen LogP contribution >= 0.6 is 0 Å². The van der Waals surface area contributed by atoms with E-state index in [1.807, 2.05) is 44.2 Å². The van der Waals surface area contributed by atoms with Crippen molar-refractivity contribution in [1.82, 2.24) is 15.1 Å². The molecule has 1 aromatic carbocycles. The Bertz CT molecular complexity index is 1300. The molecule has 0 saturated carbocycles. The summed E-state index contributed by atoms with van der Waals surface area (Å²) in [7, 11) is 0. The van der Waals surface area contributed by atoms with Gasteiger partial charge in [-0.15, -0.1) is 13.2 Å². The van der Waals surface area contributed by atoms with Gasteiger partial charge in [0.25, 0.3) is 0 Å². The number of allylic oxidation sites excluding steroid dienone is 1. The van der Waals surface area contributed by atoms with Crippen LogP contribution in [0.25, 0.3) is 0 Å². The van der Waals surface area contributed by atoms with Gasteiger partial charge in [0.2, 0.25) is 17.7 Å². The Hall–Kier alpha value is -3.50. The van der Waals surface area contributed by atoms with Gasteiger partial charge in [-0.3, -0.25) is 19.2 Å². The number of esters is 1. The van der Waals surface area contributed by atoms with Crippen molar-refractivity contribution in [2.45, 2.75) is 115 Å². The molecule has 10 heteroatoms. The first-order chi connectivity index (χ1) is 23.1. The van der Waals surface area contributed by atoms with E-state index in [1.165, 1.54) is 0 Å². The van der Waals surface area contributed by atoms with Gasteiger partial charge >= 0.3 is 5.97 Å². The van der Waals surface area contributed by atoms with Crippen molar-refractivity contribution in [2.24, 2.45) is 17.8 Å². The fourth-order valence-corrected chi connectivity index (χ4v) is 7.92. The highest BCUT2D eigenvalue weighted by atomic mass is 16.6. The molecule has 1 aromatic rings. The number of ether oxygens (including phenoxy) is 2. The van der Waals surface area contributed by atoms with Crippen molar-refractivity contribution in [2.75, 3.05) is 19.7 Å². The Morgan fingerprint density at radius 1 is 1.17 bits per heavy atom. The smallest absolute Gasteiger partial charge is 0.313 e. The highest BCUT2D eigenvalue weighted by Crippen LogP contribution is 2.59. The van der Waals surface area contributed by atoms with E-state index in [2.05, 4.69) is 25.4 Å². The first kappa shape index (κ1) is 37.3. The van der Waals surface area contributed by atoms with Gasteiger partial charge < -0.3 is 29.7 Å². The van der Waals surface area contributed by atoms with Crippen LogP contribution in [0.4, 0.5) is 0 Å². The average molecular weight is 666 g/mol. The number of nitrogens with one attached hydrogen (secondary N) is 1. The van der Waals surface area contributed by atoms with Crippen LogP contribution in [0, 0.1) is 17.8 Å². The van der Waals surface area contributed by atoms with E-state index in [0.29, 0.717) is 44.3 Å². The second kappa shape index (κ2) is 16.7. The molecule has 0 radical (unpaired) electrons. The Kier molecular flexibility index (Phi) is 13.0. The summed E-state index contributed by atoms with van der Waals surface area (Å²) >= 11 is 0. The molecule has 1 spiro atoms. The van der Waals surface area contributed by atoms with Crippen LogP contribution in [0.15, 0.2) is 55.6 Å². The van der Waals surface area contributed by atoms with Crippen LogP contribution in [-0.2, 0) is 28.7 Å². The fraction of sp³-hybridized carbons (Fsp3) is 0.632. The zero-order chi connectivity index (χ0) is 35.0. The Balaban J connectivity index is 1.70. The second-order valence-electron chi connectivity index (χ2n) is 13.7. The lowest BCUT2D eigenvalue weighted by Gasteiger charge is -2.41. The van der Waals surface area contributed by atoms with Crippen LogP contribution in [-0.4, -0.2) is 88.1 Å². The third kappa shape index (κ3) is 7.39. The number of nitrogens with zero attached hydrogens (tertiary/aromatic N) is 2. The molecule has 0 aromatic heterocycles. The first-order valence-corrected chi connectivity index (χ1v) is 17.8. The summed E-state index contributed by atoms with van der Waals surface area (Å²) in [5, 5.41) is 13.6. The Morgan fingerprint density at radius 2 is 1.90 bits per heavy atom. The summed E-state index contributed by atoms with van der Waals surface area (Å²) in [5.41, 5.74) is -0.516. The number of carbonyl (C=O) groups excluding carboxylic acids is 4. The lowest BCUT2D eigenvalue weighted by molar-refractivity contribution is -0.163. The second-order valence-corrected chi connectivity index (χ2v) is 13.7. The maximum atomic E-state index is 14.7. The van der Waals surface area contributed by atoms with Crippen molar-refractivity contribution >= 4 is 23.7 Å². The molecule has 3 aliphatic rings. The van der Waals surface area contributed by atoms with E-state index in [4.69, 9.17) is 9.47 Å². The third-order valence-corrected chi connectivity index (χ3v) is 10.6. The molecule has 3 aliphatic heterocycles. The quantitative estimate of drug-likeness (QED) is 0.124. The zero-order valence-corrected chi connectivity index (χ0v) is 29.1. The molecule has 0 aliphatic carbocycles. The van der Waals surface area contributed by atoms with Crippen LogP contribution in [0.5, 0.6) is 0 Å². The molecule has 10 nitrogen and oxygen atoms in total. The number of aliphatic hydroxyl groups is 1. The van der Waals surface area contributed by atoms with E-state index in [1.54, 1.807) is 28.9 Å². The van der Waals surface area contributed by atoms with Gasteiger partial charge in [-0.2, -0.15) is 0 Å². The number of fused-ring (bicyclic) bond motifs is 1. The molecule has 2 bridgehead atoms. The number of carbonyl (C=O) groups is 4. The Morgan fingerprint density at radius 3 is 2.52 bits per heavy atom. The minimum atomic E-state index is -1.22.